The fourth-order valence-corrected chi connectivity index (χ4v) is 2.71. The first-order valence-electron chi connectivity index (χ1n) is 9.54. The van der Waals surface area contributed by atoms with Gasteiger partial charge < -0.3 is 24.2 Å². The van der Waals surface area contributed by atoms with Gasteiger partial charge in [-0.3, -0.25) is 0 Å². The predicted octanol–water partition coefficient (Wildman–Crippen LogP) is 4.50. The van der Waals surface area contributed by atoms with Gasteiger partial charge in [-0.05, 0) is 42.7 Å². The molecule has 7 heteroatoms. The number of nitrogens with zero attached hydrogens (tertiary/aromatic N) is 1. The molecule has 0 aliphatic carbocycles. The predicted molar refractivity (Wildman–Crippen MR) is 115 cm³/mol. The molecule has 0 saturated heterocycles. The zero-order chi connectivity index (χ0) is 21.9. The van der Waals surface area contributed by atoms with Gasteiger partial charge in [0, 0.05) is 5.56 Å². The van der Waals surface area contributed by atoms with Gasteiger partial charge in [-0.15, -0.1) is 0 Å². The van der Waals surface area contributed by atoms with Gasteiger partial charge in [-0.1, -0.05) is 36.3 Å². The molecule has 0 bridgehead atoms. The molecule has 0 radical (unpaired) electrons. The molecule has 0 fully saturated rings. The van der Waals surface area contributed by atoms with Crippen LogP contribution in [0, 0.1) is 0 Å². The number of benzene rings is 2. The van der Waals surface area contributed by atoms with Crippen LogP contribution in [0.1, 0.15) is 37.0 Å². The van der Waals surface area contributed by atoms with Crippen molar-refractivity contribution in [3.05, 3.63) is 65.4 Å². The molecule has 0 aliphatic heterocycles. The molecule has 0 spiro atoms. The maximum Gasteiger partial charge on any atom is 0.339 e. The Kier molecular flexibility index (Phi) is 8.75. The zero-order valence-electron chi connectivity index (χ0n) is 17.7. The highest BCUT2D eigenvalue weighted by atomic mass is 16.6. The van der Waals surface area contributed by atoms with Crippen molar-refractivity contribution in [3.63, 3.8) is 0 Å². The van der Waals surface area contributed by atoms with Crippen LogP contribution in [-0.2, 0) is 21.0 Å². The summed E-state index contributed by atoms with van der Waals surface area (Å²) in [5, 5.41) is 13.6. The number of ether oxygens (including phenoxy) is 3. The van der Waals surface area contributed by atoms with Crippen molar-refractivity contribution in [2.24, 2.45) is 5.16 Å². The lowest BCUT2D eigenvalue weighted by Gasteiger charge is -2.15. The molecule has 30 heavy (non-hydrogen) atoms. The highest BCUT2D eigenvalue weighted by molar-refractivity contribution is 6.15. The van der Waals surface area contributed by atoms with Gasteiger partial charge in [0.15, 0.2) is 11.5 Å². The number of oxime groups is 1. The van der Waals surface area contributed by atoms with Crippen LogP contribution in [0.3, 0.4) is 0 Å². The largest absolute Gasteiger partial charge is 0.503 e. The molecular weight excluding hydrogens is 386 g/mol. The van der Waals surface area contributed by atoms with E-state index < -0.39 is 5.97 Å². The third-order valence-electron chi connectivity index (χ3n) is 4.24. The number of carbonyl (C=O) groups is 1. The second kappa shape index (κ2) is 11.5. The van der Waals surface area contributed by atoms with E-state index in [2.05, 4.69) is 5.16 Å². The minimum atomic E-state index is -1.08. The van der Waals surface area contributed by atoms with E-state index in [9.17, 15) is 9.90 Å². The van der Waals surface area contributed by atoms with Crippen molar-refractivity contribution in [3.8, 4) is 11.5 Å². The Bertz CT molecular complexity index is 920. The lowest BCUT2D eigenvalue weighted by molar-refractivity contribution is -0.130. The quantitative estimate of drug-likeness (QED) is 0.192. The second-order valence-corrected chi connectivity index (χ2v) is 6.39. The summed E-state index contributed by atoms with van der Waals surface area (Å²) >= 11 is 0. The summed E-state index contributed by atoms with van der Waals surface area (Å²) in [4.78, 5) is 16.9. The van der Waals surface area contributed by atoms with E-state index in [1.54, 1.807) is 25.3 Å². The van der Waals surface area contributed by atoms with Gasteiger partial charge in [0.05, 0.1) is 26.2 Å². The standard InChI is InChI=1S/C23H27NO6/c1-5-12-30-24-16(2)17-10-11-21(28-4)22(13-17)29-14-18-8-6-7-9-19(18)20(15-27-3)23(25)26/h6-11,13,15H,5,12,14H2,1-4H3,(H,25,26). The summed E-state index contributed by atoms with van der Waals surface area (Å²) < 4.78 is 16.3. The van der Waals surface area contributed by atoms with Crippen molar-refractivity contribution in [2.75, 3.05) is 20.8 Å². The Morgan fingerprint density at radius 3 is 2.57 bits per heavy atom. The number of hydrogen-bond acceptors (Lipinski definition) is 6. The Labute approximate surface area is 176 Å². The van der Waals surface area contributed by atoms with Gasteiger partial charge in [-0.2, -0.15) is 0 Å². The first-order valence-corrected chi connectivity index (χ1v) is 9.54. The van der Waals surface area contributed by atoms with E-state index in [-0.39, 0.29) is 12.2 Å². The minimum Gasteiger partial charge on any atom is -0.503 e. The van der Waals surface area contributed by atoms with Crippen LogP contribution >= 0.6 is 0 Å². The molecule has 0 saturated carbocycles. The third-order valence-corrected chi connectivity index (χ3v) is 4.24. The maximum absolute atomic E-state index is 11.6. The normalized spacial score (nSPS) is 11.7. The van der Waals surface area contributed by atoms with E-state index in [4.69, 9.17) is 19.0 Å². The van der Waals surface area contributed by atoms with Gasteiger partial charge in [-0.25, -0.2) is 4.79 Å². The molecule has 0 aromatic heterocycles. The summed E-state index contributed by atoms with van der Waals surface area (Å²) in [7, 11) is 2.97. The Morgan fingerprint density at radius 2 is 1.90 bits per heavy atom. The molecule has 0 heterocycles. The monoisotopic (exact) mass is 413 g/mol. The fourth-order valence-electron chi connectivity index (χ4n) is 2.71. The van der Waals surface area contributed by atoms with Crippen LogP contribution in [0.5, 0.6) is 11.5 Å². The van der Waals surface area contributed by atoms with Crippen LogP contribution < -0.4 is 9.47 Å². The first-order chi connectivity index (χ1) is 14.5. The highest BCUT2D eigenvalue weighted by Crippen LogP contribution is 2.30. The van der Waals surface area contributed by atoms with Crippen molar-refractivity contribution in [1.29, 1.82) is 0 Å². The SMILES string of the molecule is CCCON=C(C)c1ccc(OC)c(OCc2ccccc2C(=COC)C(=O)O)c1. The van der Waals surface area contributed by atoms with E-state index in [1.807, 2.05) is 38.1 Å². The number of aliphatic carboxylic acids is 1. The molecular formula is C23H27NO6. The van der Waals surface area contributed by atoms with Gasteiger partial charge in [0.25, 0.3) is 0 Å². The molecule has 0 amide bonds. The molecule has 2 rings (SSSR count). The molecule has 2 aromatic rings. The van der Waals surface area contributed by atoms with Crippen LogP contribution in [0.4, 0.5) is 0 Å². The lowest BCUT2D eigenvalue weighted by atomic mass is 10.0. The number of rotatable bonds is 11. The van der Waals surface area contributed by atoms with Crippen molar-refractivity contribution in [1.82, 2.24) is 0 Å². The van der Waals surface area contributed by atoms with Crippen LogP contribution in [-0.4, -0.2) is 37.6 Å². The smallest absolute Gasteiger partial charge is 0.339 e. The highest BCUT2D eigenvalue weighted by Gasteiger charge is 2.16. The van der Waals surface area contributed by atoms with Crippen molar-refractivity contribution < 1.29 is 28.9 Å². The van der Waals surface area contributed by atoms with E-state index in [1.165, 1.54) is 13.4 Å². The summed E-state index contributed by atoms with van der Waals surface area (Å²) in [6.45, 7) is 4.56. The first kappa shape index (κ1) is 22.8. The van der Waals surface area contributed by atoms with Crippen LogP contribution in [0.25, 0.3) is 5.57 Å². The zero-order valence-corrected chi connectivity index (χ0v) is 17.7. The molecule has 0 unspecified atom stereocenters. The molecule has 7 nitrogen and oxygen atoms in total. The Morgan fingerprint density at radius 1 is 1.13 bits per heavy atom. The van der Waals surface area contributed by atoms with Gasteiger partial charge in [0.2, 0.25) is 0 Å². The second-order valence-electron chi connectivity index (χ2n) is 6.39. The van der Waals surface area contributed by atoms with E-state index >= 15 is 0 Å². The van der Waals surface area contributed by atoms with Crippen LogP contribution in [0.2, 0.25) is 0 Å². The van der Waals surface area contributed by atoms with E-state index in [0.717, 1.165) is 12.0 Å². The average molecular weight is 413 g/mol. The summed E-state index contributed by atoms with van der Waals surface area (Å²) in [5.41, 5.74) is 2.82. The van der Waals surface area contributed by atoms with Gasteiger partial charge >= 0.3 is 5.97 Å². The number of methoxy groups -OCH3 is 2. The molecule has 0 aliphatic rings. The Balaban J connectivity index is 2.29. The van der Waals surface area contributed by atoms with Crippen molar-refractivity contribution in [2.45, 2.75) is 26.9 Å². The summed E-state index contributed by atoms with van der Waals surface area (Å²) in [6, 6.07) is 12.6. The summed E-state index contributed by atoms with van der Waals surface area (Å²) in [5.74, 6) is -0.00497. The molecule has 160 valence electrons. The fraction of sp³-hybridized carbons (Fsp3) is 0.304. The van der Waals surface area contributed by atoms with Crippen molar-refractivity contribution >= 4 is 17.3 Å². The molecule has 1 N–H and O–H groups in total. The molecule has 2 aromatic carbocycles. The lowest BCUT2D eigenvalue weighted by Crippen LogP contribution is -2.07. The maximum atomic E-state index is 11.6. The third kappa shape index (κ3) is 6.01. The summed E-state index contributed by atoms with van der Waals surface area (Å²) in [6.07, 6.45) is 2.08. The number of hydrogen-bond donors (Lipinski definition) is 1. The Hall–Kier alpha value is -3.48. The number of carboxylic acid groups (broad SMARTS) is 1. The molecule has 0 atom stereocenters. The van der Waals surface area contributed by atoms with Crippen LogP contribution in [0.15, 0.2) is 53.9 Å². The van der Waals surface area contributed by atoms with E-state index in [0.29, 0.717) is 34.9 Å². The van der Waals surface area contributed by atoms with Gasteiger partial charge in [0.1, 0.15) is 18.8 Å². The number of carboxylic acids is 1. The topological polar surface area (TPSA) is 86.6 Å². The minimum absolute atomic E-state index is 0.0495. The average Bonchev–Trinajstić information content (AvgIpc) is 2.76.